The van der Waals surface area contributed by atoms with E-state index >= 15 is 0 Å². The Morgan fingerprint density at radius 3 is 2.54 bits per heavy atom. The van der Waals surface area contributed by atoms with Gasteiger partial charge in [-0.2, -0.15) is 0 Å². The molecule has 0 unspecified atom stereocenters. The average molecular weight is 484 g/mol. The molecule has 190 valence electrons. The summed E-state index contributed by atoms with van der Waals surface area (Å²) in [5.74, 6) is 0.201. The van der Waals surface area contributed by atoms with Gasteiger partial charge in [0.2, 0.25) is 5.91 Å². The predicted octanol–water partition coefficient (Wildman–Crippen LogP) is 3.28. The summed E-state index contributed by atoms with van der Waals surface area (Å²) in [4.78, 5) is 29.4. The van der Waals surface area contributed by atoms with Crippen LogP contribution < -0.4 is 10.1 Å². The summed E-state index contributed by atoms with van der Waals surface area (Å²) in [6.45, 7) is 6.64. The van der Waals surface area contributed by atoms with Gasteiger partial charge in [-0.25, -0.2) is 0 Å². The second-order valence-electron chi connectivity index (χ2n) is 9.20. The van der Waals surface area contributed by atoms with Gasteiger partial charge in [-0.05, 0) is 30.5 Å². The van der Waals surface area contributed by atoms with Crippen molar-refractivity contribution in [3.05, 3.63) is 59.7 Å². The zero-order chi connectivity index (χ0) is 25.4. The molecule has 3 atom stereocenters. The van der Waals surface area contributed by atoms with Gasteiger partial charge in [0.1, 0.15) is 19.0 Å². The van der Waals surface area contributed by atoms with Crippen LogP contribution in [0.2, 0.25) is 0 Å². The van der Waals surface area contributed by atoms with E-state index in [1.807, 2.05) is 18.2 Å². The molecule has 8 heteroatoms. The Morgan fingerprint density at radius 1 is 1.11 bits per heavy atom. The topological polar surface area (TPSA) is 80.3 Å². The molecule has 0 aliphatic carbocycles. The van der Waals surface area contributed by atoms with E-state index in [2.05, 4.69) is 36.2 Å². The van der Waals surface area contributed by atoms with Crippen LogP contribution in [0.1, 0.15) is 29.8 Å². The van der Waals surface area contributed by atoms with Crippen LogP contribution in [0.5, 0.6) is 5.75 Å². The summed E-state index contributed by atoms with van der Waals surface area (Å²) >= 11 is 0. The van der Waals surface area contributed by atoms with E-state index in [9.17, 15) is 9.59 Å². The van der Waals surface area contributed by atoms with Gasteiger partial charge in [0.15, 0.2) is 0 Å². The van der Waals surface area contributed by atoms with Crippen molar-refractivity contribution in [1.29, 1.82) is 0 Å². The molecule has 2 aromatic carbocycles. The molecule has 0 radical (unpaired) electrons. The Morgan fingerprint density at radius 2 is 1.86 bits per heavy atom. The maximum absolute atomic E-state index is 13.3. The van der Waals surface area contributed by atoms with Gasteiger partial charge in [-0.1, -0.05) is 37.3 Å². The van der Waals surface area contributed by atoms with Crippen LogP contribution in [0.3, 0.4) is 0 Å². The number of fused-ring (bicyclic) bond motifs is 1. The van der Waals surface area contributed by atoms with Crippen LogP contribution in [0.4, 0.5) is 5.69 Å². The third kappa shape index (κ3) is 7.27. The number of anilines is 1. The van der Waals surface area contributed by atoms with E-state index in [4.69, 9.17) is 14.2 Å². The highest BCUT2D eigenvalue weighted by Crippen LogP contribution is 2.27. The number of hydrogen-bond acceptors (Lipinski definition) is 6. The molecule has 1 aliphatic rings. The molecule has 2 aromatic rings. The first-order valence-electron chi connectivity index (χ1n) is 11.9. The van der Waals surface area contributed by atoms with Crippen molar-refractivity contribution >= 4 is 17.5 Å². The molecule has 0 spiro atoms. The number of benzene rings is 2. The lowest BCUT2D eigenvalue weighted by atomic mass is 10.0. The van der Waals surface area contributed by atoms with Crippen molar-refractivity contribution < 1.29 is 23.8 Å². The minimum absolute atomic E-state index is 0.0539. The molecule has 0 aromatic heterocycles. The van der Waals surface area contributed by atoms with Crippen LogP contribution in [-0.2, 0) is 20.8 Å². The largest absolute Gasteiger partial charge is 0.491 e. The molecule has 1 aliphatic heterocycles. The highest BCUT2D eigenvalue weighted by atomic mass is 16.5. The number of rotatable bonds is 6. The summed E-state index contributed by atoms with van der Waals surface area (Å²) in [6, 6.07) is 15.5. The van der Waals surface area contributed by atoms with Crippen molar-refractivity contribution in [3.63, 3.8) is 0 Å². The van der Waals surface area contributed by atoms with Gasteiger partial charge in [0.25, 0.3) is 5.91 Å². The standard InChI is InChI=1S/C27H37N3O5/c1-19-14-30(15-21-9-7-6-8-10-21)20(2)17-35-24-13-22(28-26(31)18-33-4)11-12-23(24)27(32)29(3)16-25(19)34-5/h6-13,19-20,25H,14-18H2,1-5H3,(H,28,31)/t19-,20+,25+/m0/s1. The maximum Gasteiger partial charge on any atom is 0.257 e. The van der Waals surface area contributed by atoms with Crippen LogP contribution in [0, 0.1) is 5.92 Å². The Balaban J connectivity index is 1.92. The first kappa shape index (κ1) is 26.7. The second kappa shape index (κ2) is 12.7. The number of nitrogens with one attached hydrogen (secondary N) is 1. The first-order chi connectivity index (χ1) is 16.8. The van der Waals surface area contributed by atoms with E-state index in [1.165, 1.54) is 12.7 Å². The van der Waals surface area contributed by atoms with Crippen molar-refractivity contribution in [2.24, 2.45) is 5.92 Å². The number of likely N-dealkylation sites (N-methyl/N-ethyl adjacent to an activating group) is 1. The van der Waals surface area contributed by atoms with E-state index < -0.39 is 0 Å². The summed E-state index contributed by atoms with van der Waals surface area (Å²) < 4.78 is 16.9. The fraction of sp³-hybridized carbons (Fsp3) is 0.481. The van der Waals surface area contributed by atoms with Gasteiger partial charge in [-0.3, -0.25) is 14.5 Å². The molecular weight excluding hydrogens is 446 g/mol. The molecule has 0 bridgehead atoms. The third-order valence-electron chi connectivity index (χ3n) is 6.36. The van der Waals surface area contributed by atoms with Gasteiger partial charge in [0.05, 0.1) is 11.7 Å². The number of ether oxygens (including phenoxy) is 3. The van der Waals surface area contributed by atoms with Crippen molar-refractivity contribution in [2.45, 2.75) is 32.5 Å². The molecule has 35 heavy (non-hydrogen) atoms. The third-order valence-corrected chi connectivity index (χ3v) is 6.36. The lowest BCUT2D eigenvalue weighted by Gasteiger charge is -2.36. The van der Waals surface area contributed by atoms with Crippen LogP contribution in [0.15, 0.2) is 48.5 Å². The molecule has 0 saturated carbocycles. The minimum atomic E-state index is -0.275. The summed E-state index contributed by atoms with van der Waals surface area (Å²) in [5, 5.41) is 2.78. The number of nitrogens with zero attached hydrogens (tertiary/aromatic N) is 2. The van der Waals surface area contributed by atoms with Gasteiger partial charge in [0, 0.05) is 58.7 Å². The van der Waals surface area contributed by atoms with Crippen molar-refractivity contribution in [3.8, 4) is 5.75 Å². The summed E-state index contributed by atoms with van der Waals surface area (Å²) in [7, 11) is 4.93. The summed E-state index contributed by atoms with van der Waals surface area (Å²) in [5.41, 5.74) is 2.22. The highest BCUT2D eigenvalue weighted by Gasteiger charge is 2.28. The van der Waals surface area contributed by atoms with E-state index in [-0.39, 0.29) is 36.5 Å². The number of methoxy groups -OCH3 is 2. The van der Waals surface area contributed by atoms with E-state index in [1.54, 1.807) is 37.3 Å². The van der Waals surface area contributed by atoms with Crippen molar-refractivity contribution in [2.75, 3.05) is 52.9 Å². The molecule has 8 nitrogen and oxygen atoms in total. The smallest absolute Gasteiger partial charge is 0.257 e. The fourth-order valence-corrected chi connectivity index (χ4v) is 4.29. The quantitative estimate of drug-likeness (QED) is 0.679. The van der Waals surface area contributed by atoms with E-state index in [0.29, 0.717) is 30.2 Å². The van der Waals surface area contributed by atoms with Gasteiger partial charge >= 0.3 is 0 Å². The normalized spacial score (nSPS) is 21.9. The lowest BCUT2D eigenvalue weighted by Crippen LogP contribution is -2.46. The monoisotopic (exact) mass is 483 g/mol. The zero-order valence-corrected chi connectivity index (χ0v) is 21.3. The Hall–Kier alpha value is -2.94. The minimum Gasteiger partial charge on any atom is -0.491 e. The van der Waals surface area contributed by atoms with Crippen LogP contribution >= 0.6 is 0 Å². The number of carbonyl (C=O) groups excluding carboxylic acids is 2. The molecule has 3 rings (SSSR count). The Bertz CT molecular complexity index is 984. The maximum atomic E-state index is 13.3. The molecule has 0 fully saturated rings. The van der Waals surface area contributed by atoms with Crippen LogP contribution in [0.25, 0.3) is 0 Å². The number of carbonyl (C=O) groups is 2. The first-order valence-corrected chi connectivity index (χ1v) is 11.9. The molecule has 0 saturated heterocycles. The predicted molar refractivity (Wildman–Crippen MR) is 136 cm³/mol. The highest BCUT2D eigenvalue weighted by molar-refractivity contribution is 5.98. The molecule has 2 amide bonds. The molecule has 1 N–H and O–H groups in total. The number of hydrogen-bond donors (Lipinski definition) is 1. The van der Waals surface area contributed by atoms with Gasteiger partial charge in [-0.15, -0.1) is 0 Å². The zero-order valence-electron chi connectivity index (χ0n) is 21.3. The second-order valence-corrected chi connectivity index (χ2v) is 9.20. The SMILES string of the molecule is COCC(=O)Nc1ccc2c(c1)OC[C@@H](C)N(Cc1ccccc1)C[C@H](C)[C@H](OC)CN(C)C2=O. The van der Waals surface area contributed by atoms with Gasteiger partial charge < -0.3 is 24.4 Å². The Labute approximate surface area is 208 Å². The molecular formula is C27H37N3O5. The average Bonchev–Trinajstić information content (AvgIpc) is 2.85. The fourth-order valence-electron chi connectivity index (χ4n) is 4.29. The van der Waals surface area contributed by atoms with E-state index in [0.717, 1.165) is 13.1 Å². The summed E-state index contributed by atoms with van der Waals surface area (Å²) in [6.07, 6.45) is -0.120. The molecule has 1 heterocycles. The number of amides is 2. The lowest BCUT2D eigenvalue weighted by molar-refractivity contribution is -0.119. The van der Waals surface area contributed by atoms with Crippen LogP contribution in [-0.4, -0.2) is 81.3 Å². The Kier molecular flexibility index (Phi) is 9.65. The van der Waals surface area contributed by atoms with Crippen molar-refractivity contribution in [1.82, 2.24) is 9.80 Å².